The Morgan fingerprint density at radius 1 is 0.402 bits per heavy atom. The molecular formula is C78H176N14O15. The molecule has 0 bridgehead atoms. The van der Waals surface area contributed by atoms with E-state index in [1.165, 1.54) is 84.5 Å². The van der Waals surface area contributed by atoms with Crippen LogP contribution in [0.4, 0.5) is 0 Å². The highest BCUT2D eigenvalue weighted by Gasteiger charge is 2.35. The minimum absolute atomic E-state index is 0. The number of nitrogens with two attached hydrogens (primary N) is 7. The van der Waals surface area contributed by atoms with Crippen LogP contribution in [0.15, 0.2) is 91.0 Å². The molecule has 0 unspecified atom stereocenters. The number of benzene rings is 3. The highest BCUT2D eigenvalue weighted by Crippen LogP contribution is 2.17. The number of aryl methyl sites for hydroxylation is 1. The minimum Gasteiger partial charge on any atom is -0.394 e. The zero-order chi connectivity index (χ0) is 89.6. The fraction of sp³-hybridized carbons (Fsp3) is 0.590. The van der Waals surface area contributed by atoms with Gasteiger partial charge in [0, 0.05) is 53.1 Å². The number of piperidine rings is 1. The van der Waals surface area contributed by atoms with Crippen LogP contribution >= 0.6 is 0 Å². The molecule has 107 heavy (non-hydrogen) atoms. The number of carbonyl (C=O) groups excluding carboxylic acids is 14. The number of hydrogen-bond donors (Lipinski definition) is 12. The Morgan fingerprint density at radius 3 is 0.794 bits per heavy atom. The first-order valence-corrected chi connectivity index (χ1v) is 34.2. The lowest BCUT2D eigenvalue weighted by Crippen LogP contribution is -2.58. The molecule has 4 rings (SSSR count). The van der Waals surface area contributed by atoms with Crippen molar-refractivity contribution in [3.63, 3.8) is 0 Å². The summed E-state index contributed by atoms with van der Waals surface area (Å²) in [6.07, 6.45) is 7.22. The number of likely N-dealkylation sites (tertiary alicyclic amines) is 1. The van der Waals surface area contributed by atoms with Gasteiger partial charge in [-0.05, 0) is 124 Å². The Morgan fingerprint density at radius 2 is 0.607 bits per heavy atom. The van der Waals surface area contributed by atoms with E-state index in [0.29, 0.717) is 19.5 Å². The standard InChI is InChI=1S/C30H40N4O4.C8H10.2C5H12.C3H8O.5C2H6.7CH5N.10CH2O.3H3N/c1-22(29(37)34-18-12-7-13-19-34)31-28(36)26(20-24-14-8-5-9-15-24)33(4)30(38)27(32(3)23(2)35)21-25-16-10-6-11-17-25;1-2-8-6-4-3-5-7-8;2*1-4-5(2)3;1-3(2)4;22*1-2;;;/h5-6,8-11,14-17,22,26-27H,7,12-13,18-21H2,1-4H3,(H,31,36);3-7H,2H2,1H3;2*5H,4H2,1-3H3;3-4H,1-2H3;5*1-2H3;7*2H2,1H3;10*1H2;3*1H3/t22-,26-,27-;;;;;;;;;;;;;;;;;;;;;;;;;;;;;/m0............................./s1. The maximum absolute atomic E-state index is 13.9. The van der Waals surface area contributed by atoms with Crippen molar-refractivity contribution in [2.24, 2.45) is 52.0 Å². The normalized spacial score (nSPS) is 8.51. The summed E-state index contributed by atoms with van der Waals surface area (Å²) in [5.74, 6) is 0.690. The first-order chi connectivity index (χ1) is 50.4. The van der Waals surface area contributed by atoms with E-state index in [1.807, 2.05) is 204 Å². The van der Waals surface area contributed by atoms with Crippen LogP contribution in [-0.4, -0.2) is 212 Å². The number of carbonyl (C=O) groups is 14. The van der Waals surface area contributed by atoms with Gasteiger partial charge in [0.15, 0.2) is 0 Å². The molecule has 1 saturated heterocycles. The summed E-state index contributed by atoms with van der Waals surface area (Å²) in [6, 6.07) is 27.1. The van der Waals surface area contributed by atoms with Gasteiger partial charge in [-0.1, -0.05) is 222 Å². The molecule has 0 aromatic heterocycles. The summed E-state index contributed by atoms with van der Waals surface area (Å²) in [5.41, 5.74) is 34.7. The van der Waals surface area contributed by atoms with E-state index in [9.17, 15) is 19.2 Å². The number of nitrogens with zero attached hydrogens (tertiary/aromatic N) is 3. The Hall–Kier alpha value is -8.20. The van der Waals surface area contributed by atoms with Crippen molar-refractivity contribution >= 4 is 91.5 Å². The Kier molecular flexibility index (Phi) is 353. The lowest BCUT2D eigenvalue weighted by molar-refractivity contribution is -0.147. The van der Waals surface area contributed by atoms with Crippen molar-refractivity contribution in [3.8, 4) is 0 Å². The second kappa shape index (κ2) is 212. The number of rotatable bonds is 13. The summed E-state index contributed by atoms with van der Waals surface area (Å²) in [6.45, 7) is 63.4. The van der Waals surface area contributed by atoms with Crippen LogP contribution in [0.3, 0.4) is 0 Å². The first kappa shape index (κ1) is 178. The minimum atomic E-state index is -0.861. The van der Waals surface area contributed by atoms with Gasteiger partial charge in [-0.3, -0.25) is 19.2 Å². The van der Waals surface area contributed by atoms with Crippen molar-refractivity contribution in [1.82, 2.24) is 38.5 Å². The largest absolute Gasteiger partial charge is 0.394 e. The molecule has 0 aliphatic carbocycles. The van der Waals surface area contributed by atoms with Crippen molar-refractivity contribution in [2.75, 3.05) is 76.5 Å². The summed E-state index contributed by atoms with van der Waals surface area (Å²) in [5, 5.41) is 10.9. The van der Waals surface area contributed by atoms with E-state index < -0.39 is 24.0 Å². The molecule has 3 aromatic carbocycles. The topological polar surface area (TPSA) is 568 Å². The fourth-order valence-corrected chi connectivity index (χ4v) is 5.55. The number of aliphatic hydroxyl groups is 1. The van der Waals surface area contributed by atoms with Crippen LogP contribution in [0.2, 0.25) is 0 Å². The van der Waals surface area contributed by atoms with Crippen LogP contribution in [0, 0.1) is 11.8 Å². The SMILES string of the molecule is C=O.C=O.C=O.C=O.C=O.C=O.C=O.C=O.C=O.C=O.CC.CC.CC.CC.CC.CC(=O)N(C)[C@@H](Cc1ccccc1)C(=O)N(C)[C@@H](Cc1ccccc1)C(=O)N[C@@H](C)C(=O)N1CCCCC1.CC(C)O.CCC(C)C.CCC(C)C.CCc1ccccc1.CN.CN.CN.CN.CN.CN.CN.N.N.N. The van der Waals surface area contributed by atoms with Crippen LogP contribution in [0.1, 0.15) is 194 Å². The van der Waals surface area contributed by atoms with Gasteiger partial charge >= 0.3 is 0 Å². The van der Waals surface area contributed by atoms with Crippen LogP contribution in [-0.2, 0) is 86.4 Å². The maximum Gasteiger partial charge on any atom is 0.246 e. The van der Waals surface area contributed by atoms with Crippen molar-refractivity contribution < 1.29 is 72.2 Å². The average Bonchev–Trinajstić information content (AvgIpc) is 0.825. The molecule has 0 saturated carbocycles. The predicted molar refractivity (Wildman–Crippen MR) is 464 cm³/mol. The first-order valence-electron chi connectivity index (χ1n) is 34.2. The number of aliphatic hydroxyl groups excluding tert-OH is 1. The molecule has 4 amide bonds. The van der Waals surface area contributed by atoms with Crippen LogP contribution in [0.25, 0.3) is 0 Å². The van der Waals surface area contributed by atoms with E-state index >= 15 is 0 Å². The van der Waals surface area contributed by atoms with Crippen molar-refractivity contribution in [3.05, 3.63) is 108 Å². The molecule has 29 nitrogen and oxygen atoms in total. The second-order valence-electron chi connectivity index (χ2n) is 16.6. The summed E-state index contributed by atoms with van der Waals surface area (Å²) in [7, 11) is 13.7. The van der Waals surface area contributed by atoms with Crippen LogP contribution < -0.4 is 63.9 Å². The highest BCUT2D eigenvalue weighted by atomic mass is 16.3. The smallest absolute Gasteiger partial charge is 0.246 e. The molecule has 1 aliphatic heterocycles. The number of likely N-dealkylation sites (N-methyl/N-ethyl adjacent to an activating group) is 2. The predicted octanol–water partition coefficient (Wildman–Crippen LogP) is 10.2. The average molecular weight is 1550 g/mol. The Balaban J connectivity index is -0.0000000330. The lowest BCUT2D eigenvalue weighted by atomic mass is 10.00. The quantitative estimate of drug-likeness (QED) is 0.0756. The third-order valence-electron chi connectivity index (χ3n) is 10.2. The number of amides is 4. The molecule has 1 fully saturated rings. The van der Waals surface area contributed by atoms with Gasteiger partial charge in [0.2, 0.25) is 23.6 Å². The monoisotopic (exact) mass is 1550 g/mol. The molecule has 0 radical (unpaired) electrons. The fourth-order valence-electron chi connectivity index (χ4n) is 5.55. The van der Waals surface area contributed by atoms with E-state index in [1.54, 1.807) is 39.8 Å². The molecular weight excluding hydrogens is 1370 g/mol. The summed E-state index contributed by atoms with van der Waals surface area (Å²) < 4.78 is 0. The molecule has 1 aliphatic rings. The van der Waals surface area contributed by atoms with Crippen LogP contribution in [0.5, 0.6) is 0 Å². The highest BCUT2D eigenvalue weighted by molar-refractivity contribution is 5.94. The van der Waals surface area contributed by atoms with Crippen molar-refractivity contribution in [1.29, 1.82) is 0 Å². The van der Waals surface area contributed by atoms with Gasteiger partial charge in [-0.2, -0.15) is 0 Å². The van der Waals surface area contributed by atoms with Gasteiger partial charge < -0.3 is 132 Å². The molecule has 25 N–H and O–H groups in total. The molecule has 648 valence electrons. The van der Waals surface area contributed by atoms with E-state index in [2.05, 4.69) is 118 Å². The summed E-state index contributed by atoms with van der Waals surface area (Å²) >= 11 is 0. The molecule has 3 atom stereocenters. The number of nitrogens with one attached hydrogen (secondary N) is 1. The lowest BCUT2D eigenvalue weighted by Gasteiger charge is -2.35. The molecule has 1 heterocycles. The van der Waals surface area contributed by atoms with Crippen molar-refractivity contribution in [2.45, 2.75) is 221 Å². The molecule has 0 spiro atoms. The zero-order valence-electron chi connectivity index (χ0n) is 73.9. The van der Waals surface area contributed by atoms with E-state index in [4.69, 9.17) is 53.1 Å². The third kappa shape index (κ3) is 165. The maximum atomic E-state index is 13.9. The third-order valence-corrected chi connectivity index (χ3v) is 10.2. The molecule has 29 heteroatoms. The van der Waals surface area contributed by atoms with Gasteiger partial charge in [-0.25, -0.2) is 0 Å². The Labute approximate surface area is 656 Å². The van der Waals surface area contributed by atoms with Gasteiger partial charge in [0.05, 0.1) is 0 Å². The van der Waals surface area contributed by atoms with Gasteiger partial charge in [0.1, 0.15) is 86.0 Å². The molecule has 3 aromatic rings. The van der Waals surface area contributed by atoms with Gasteiger partial charge in [-0.15, -0.1) is 0 Å². The Bertz CT molecular complexity index is 1760. The van der Waals surface area contributed by atoms with E-state index in [-0.39, 0.29) is 48.7 Å². The van der Waals surface area contributed by atoms with Gasteiger partial charge in [0.25, 0.3) is 0 Å². The zero-order valence-corrected chi connectivity index (χ0v) is 73.9. The number of hydrogen-bond acceptors (Lipinski definition) is 25. The second-order valence-corrected chi connectivity index (χ2v) is 16.6. The summed E-state index contributed by atoms with van der Waals surface area (Å²) in [4.78, 5) is 137. The van der Waals surface area contributed by atoms with E-state index in [0.717, 1.165) is 48.6 Å².